The van der Waals surface area contributed by atoms with E-state index in [1.54, 1.807) is 6.08 Å². The molecule has 5 heteroatoms. The highest BCUT2D eigenvalue weighted by atomic mass is 32.1. The molecule has 0 atom stereocenters. The maximum Gasteiger partial charge on any atom is 0.278 e. The quantitative estimate of drug-likeness (QED) is 0.667. The normalized spacial score (nSPS) is 14.5. The second-order valence-electron chi connectivity index (χ2n) is 5.68. The molecule has 0 unspecified atom stereocenters. The van der Waals surface area contributed by atoms with E-state index in [1.807, 2.05) is 49.6 Å². The number of rotatable bonds is 5. The van der Waals surface area contributed by atoms with Crippen molar-refractivity contribution in [2.75, 3.05) is 11.9 Å². The number of amides is 2. The van der Waals surface area contributed by atoms with Gasteiger partial charge in [-0.2, -0.15) is 0 Å². The predicted octanol–water partition coefficient (Wildman–Crippen LogP) is 3.74. The van der Waals surface area contributed by atoms with E-state index in [0.29, 0.717) is 11.3 Å². The number of carbonyl (C=O) groups is 2. The van der Waals surface area contributed by atoms with E-state index >= 15 is 0 Å². The third-order valence-corrected chi connectivity index (χ3v) is 4.78. The number of nitrogens with zero attached hydrogens (tertiary/aromatic N) is 1. The molecule has 3 rings (SSSR count). The molecule has 4 nitrogen and oxygen atoms in total. The molecule has 1 aliphatic rings. The smallest absolute Gasteiger partial charge is 0.278 e. The van der Waals surface area contributed by atoms with Crippen molar-refractivity contribution in [1.82, 2.24) is 4.90 Å². The zero-order valence-corrected chi connectivity index (χ0v) is 14.4. The molecule has 122 valence electrons. The van der Waals surface area contributed by atoms with Gasteiger partial charge in [0.25, 0.3) is 11.8 Å². The van der Waals surface area contributed by atoms with Crippen molar-refractivity contribution in [3.05, 3.63) is 70.1 Å². The summed E-state index contributed by atoms with van der Waals surface area (Å²) in [5, 5.41) is 5.08. The molecule has 2 amide bonds. The lowest BCUT2D eigenvalue weighted by Gasteiger charge is -2.13. The van der Waals surface area contributed by atoms with Gasteiger partial charge in [-0.25, -0.2) is 0 Å². The average Bonchev–Trinajstić information content (AvgIpc) is 3.13. The molecule has 0 fully saturated rings. The SMILES string of the molecule is C=CCN1C(=O)C(Nc2ccc(C)cc2C)=C(c2cccs2)C1=O. The summed E-state index contributed by atoms with van der Waals surface area (Å²) in [4.78, 5) is 27.4. The molecule has 1 aliphatic heterocycles. The summed E-state index contributed by atoms with van der Waals surface area (Å²) in [6.07, 6.45) is 1.56. The van der Waals surface area contributed by atoms with E-state index in [2.05, 4.69) is 11.9 Å². The Labute approximate surface area is 145 Å². The molecule has 0 aliphatic carbocycles. The lowest BCUT2D eigenvalue weighted by molar-refractivity contribution is -0.136. The maximum atomic E-state index is 12.7. The summed E-state index contributed by atoms with van der Waals surface area (Å²) in [6.45, 7) is 7.82. The van der Waals surface area contributed by atoms with Crippen LogP contribution in [0.1, 0.15) is 16.0 Å². The molecule has 2 aromatic rings. The number of thiophene rings is 1. The number of nitrogens with one attached hydrogen (secondary N) is 1. The lowest BCUT2D eigenvalue weighted by Crippen LogP contribution is -2.32. The van der Waals surface area contributed by atoms with Crippen molar-refractivity contribution in [3.8, 4) is 0 Å². The predicted molar refractivity (Wildman–Crippen MR) is 97.7 cm³/mol. The van der Waals surface area contributed by atoms with Gasteiger partial charge in [-0.1, -0.05) is 29.8 Å². The number of hydrogen-bond donors (Lipinski definition) is 1. The molecule has 0 bridgehead atoms. The summed E-state index contributed by atoms with van der Waals surface area (Å²) in [6, 6.07) is 9.67. The fourth-order valence-electron chi connectivity index (χ4n) is 2.72. The molecule has 0 saturated carbocycles. The summed E-state index contributed by atoms with van der Waals surface area (Å²) < 4.78 is 0. The van der Waals surface area contributed by atoms with E-state index in [1.165, 1.54) is 16.2 Å². The van der Waals surface area contributed by atoms with Crippen LogP contribution in [0.3, 0.4) is 0 Å². The topological polar surface area (TPSA) is 49.4 Å². The number of imide groups is 1. The van der Waals surface area contributed by atoms with E-state index in [-0.39, 0.29) is 18.4 Å². The highest BCUT2D eigenvalue weighted by Gasteiger charge is 2.39. The monoisotopic (exact) mass is 338 g/mol. The Kier molecular flexibility index (Phi) is 4.36. The maximum absolute atomic E-state index is 12.7. The zero-order chi connectivity index (χ0) is 17.3. The van der Waals surface area contributed by atoms with E-state index < -0.39 is 0 Å². The van der Waals surface area contributed by atoms with Crippen LogP contribution < -0.4 is 5.32 Å². The summed E-state index contributed by atoms with van der Waals surface area (Å²) >= 11 is 1.44. The highest BCUT2D eigenvalue weighted by Crippen LogP contribution is 2.33. The summed E-state index contributed by atoms with van der Waals surface area (Å²) in [7, 11) is 0. The van der Waals surface area contributed by atoms with Gasteiger partial charge in [-0.3, -0.25) is 14.5 Å². The lowest BCUT2D eigenvalue weighted by atomic mass is 10.1. The van der Waals surface area contributed by atoms with Gasteiger partial charge in [-0.05, 0) is 36.9 Å². The Morgan fingerprint density at radius 2 is 2.00 bits per heavy atom. The van der Waals surface area contributed by atoms with Crippen LogP contribution in [-0.4, -0.2) is 23.3 Å². The number of anilines is 1. The molecule has 2 heterocycles. The second kappa shape index (κ2) is 6.45. The minimum absolute atomic E-state index is 0.199. The Balaban J connectivity index is 2.07. The van der Waals surface area contributed by atoms with Gasteiger partial charge >= 0.3 is 0 Å². The molecule has 0 spiro atoms. The molecular formula is C19H18N2O2S. The fourth-order valence-corrected chi connectivity index (χ4v) is 3.49. The van der Waals surface area contributed by atoms with Crippen molar-refractivity contribution in [2.45, 2.75) is 13.8 Å². The van der Waals surface area contributed by atoms with Gasteiger partial charge in [0, 0.05) is 17.1 Å². The van der Waals surface area contributed by atoms with Crippen molar-refractivity contribution in [2.24, 2.45) is 0 Å². The van der Waals surface area contributed by atoms with Gasteiger partial charge in [0.15, 0.2) is 0 Å². The molecule has 1 N–H and O–H groups in total. The first-order valence-corrected chi connectivity index (χ1v) is 8.50. The first kappa shape index (κ1) is 16.2. The Bertz CT molecular complexity index is 850. The summed E-state index contributed by atoms with van der Waals surface area (Å²) in [5.41, 5.74) is 3.75. The van der Waals surface area contributed by atoms with Crippen LogP contribution in [0.25, 0.3) is 5.57 Å². The minimum atomic E-state index is -0.316. The summed E-state index contributed by atoms with van der Waals surface area (Å²) in [5.74, 6) is -0.599. The Morgan fingerprint density at radius 3 is 2.62 bits per heavy atom. The molecule has 1 aromatic carbocycles. The highest BCUT2D eigenvalue weighted by molar-refractivity contribution is 7.11. The Hall–Kier alpha value is -2.66. The van der Waals surface area contributed by atoms with Crippen LogP contribution in [0.5, 0.6) is 0 Å². The first-order chi connectivity index (χ1) is 11.5. The van der Waals surface area contributed by atoms with Crippen LogP contribution in [0.4, 0.5) is 5.69 Å². The number of hydrogen-bond acceptors (Lipinski definition) is 4. The zero-order valence-electron chi connectivity index (χ0n) is 13.6. The van der Waals surface area contributed by atoms with Gasteiger partial charge in [0.2, 0.25) is 0 Å². The van der Waals surface area contributed by atoms with Crippen LogP contribution in [0, 0.1) is 13.8 Å². The van der Waals surface area contributed by atoms with Crippen LogP contribution in [0.15, 0.2) is 54.1 Å². The van der Waals surface area contributed by atoms with Gasteiger partial charge in [0.1, 0.15) is 5.70 Å². The molecule has 24 heavy (non-hydrogen) atoms. The third-order valence-electron chi connectivity index (χ3n) is 3.89. The number of benzene rings is 1. The van der Waals surface area contributed by atoms with Crippen LogP contribution in [0.2, 0.25) is 0 Å². The number of aryl methyl sites for hydroxylation is 2. The van der Waals surface area contributed by atoms with E-state index in [9.17, 15) is 9.59 Å². The molecule has 0 radical (unpaired) electrons. The first-order valence-electron chi connectivity index (χ1n) is 7.62. The van der Waals surface area contributed by atoms with Crippen molar-refractivity contribution in [1.29, 1.82) is 0 Å². The largest absolute Gasteiger partial charge is 0.350 e. The van der Waals surface area contributed by atoms with E-state index in [0.717, 1.165) is 21.7 Å². The van der Waals surface area contributed by atoms with Crippen LogP contribution >= 0.6 is 11.3 Å². The van der Waals surface area contributed by atoms with Crippen LogP contribution in [-0.2, 0) is 9.59 Å². The van der Waals surface area contributed by atoms with Crippen molar-refractivity contribution < 1.29 is 9.59 Å². The molecule has 0 saturated heterocycles. The van der Waals surface area contributed by atoms with Gasteiger partial charge in [-0.15, -0.1) is 17.9 Å². The van der Waals surface area contributed by atoms with E-state index in [4.69, 9.17) is 0 Å². The second-order valence-corrected chi connectivity index (χ2v) is 6.63. The Morgan fingerprint density at radius 1 is 1.21 bits per heavy atom. The average molecular weight is 338 g/mol. The third kappa shape index (κ3) is 2.78. The number of carbonyl (C=O) groups excluding carboxylic acids is 2. The van der Waals surface area contributed by atoms with Gasteiger partial charge < -0.3 is 5.32 Å². The molecule has 1 aromatic heterocycles. The molecular weight excluding hydrogens is 320 g/mol. The fraction of sp³-hybridized carbons (Fsp3) is 0.158. The standard InChI is InChI=1S/C19H18N2O2S/c1-4-9-21-18(22)16(15-6-5-10-24-15)17(19(21)23)20-14-8-7-12(2)11-13(14)3/h4-8,10-11,20H,1,9H2,2-3H3. The van der Waals surface area contributed by atoms with Crippen molar-refractivity contribution >= 4 is 34.4 Å². The van der Waals surface area contributed by atoms with Crippen molar-refractivity contribution in [3.63, 3.8) is 0 Å². The van der Waals surface area contributed by atoms with Gasteiger partial charge in [0.05, 0.1) is 5.57 Å². The minimum Gasteiger partial charge on any atom is -0.350 e.